The second-order valence-corrected chi connectivity index (χ2v) is 9.24. The number of nitrogens with one attached hydrogen (secondary N) is 1. The Morgan fingerprint density at radius 2 is 1.59 bits per heavy atom. The van der Waals surface area contributed by atoms with Crippen LogP contribution >= 0.6 is 11.6 Å². The topological polar surface area (TPSA) is 71.1 Å². The lowest BCUT2D eigenvalue weighted by molar-refractivity contribution is -0.143. The van der Waals surface area contributed by atoms with Crippen molar-refractivity contribution >= 4 is 23.4 Å². The van der Waals surface area contributed by atoms with Gasteiger partial charge in [-0.05, 0) is 35.4 Å². The third-order valence-corrected chi connectivity index (χ3v) is 6.45. The maximum absolute atomic E-state index is 13.6. The van der Waals surface area contributed by atoms with Crippen molar-refractivity contribution in [1.82, 2.24) is 15.1 Å². The minimum atomic E-state index is -0.826. The third-order valence-electron chi connectivity index (χ3n) is 6.20. The number of halogens is 1. The lowest BCUT2D eigenvalue weighted by atomic mass is 10.0. The zero-order valence-electron chi connectivity index (χ0n) is 20.7. The Kier molecular flexibility index (Phi) is 9.94. The lowest BCUT2D eigenvalue weighted by Crippen LogP contribution is -2.47. The summed E-state index contributed by atoms with van der Waals surface area (Å²) in [6.45, 7) is 4.32. The molecule has 1 fully saturated rings. The van der Waals surface area contributed by atoms with E-state index in [1.807, 2.05) is 60.7 Å². The number of morpholine rings is 1. The summed E-state index contributed by atoms with van der Waals surface area (Å²) in [6, 6.07) is 25.0. The molecule has 0 saturated carbocycles. The normalized spacial score (nSPS) is 14.5. The third kappa shape index (κ3) is 8.05. The molecule has 1 saturated heterocycles. The molecule has 3 aromatic rings. The monoisotopic (exact) mass is 521 g/mol. The lowest BCUT2D eigenvalue weighted by Gasteiger charge is -2.32. The largest absolute Gasteiger partial charge is 0.484 e. The first kappa shape index (κ1) is 26.7. The van der Waals surface area contributed by atoms with Crippen LogP contribution in [-0.4, -0.2) is 67.6 Å². The van der Waals surface area contributed by atoms with Crippen LogP contribution in [0.3, 0.4) is 0 Å². The number of rotatable bonds is 11. The number of benzene rings is 3. The van der Waals surface area contributed by atoms with Crippen LogP contribution in [0.15, 0.2) is 84.9 Å². The van der Waals surface area contributed by atoms with Crippen molar-refractivity contribution < 1.29 is 19.1 Å². The van der Waals surface area contributed by atoms with Crippen molar-refractivity contribution in [3.05, 3.63) is 101 Å². The molecule has 1 atom stereocenters. The van der Waals surface area contributed by atoms with Gasteiger partial charge < -0.3 is 19.7 Å². The summed E-state index contributed by atoms with van der Waals surface area (Å²) >= 11 is 6.08. The van der Waals surface area contributed by atoms with Crippen molar-refractivity contribution in [3.8, 4) is 5.75 Å². The fourth-order valence-corrected chi connectivity index (χ4v) is 4.35. The number of para-hydroxylation sites is 1. The molecule has 0 spiro atoms. The van der Waals surface area contributed by atoms with Gasteiger partial charge in [0.25, 0.3) is 5.91 Å². The van der Waals surface area contributed by atoms with Gasteiger partial charge >= 0.3 is 0 Å². The molecule has 0 radical (unpaired) electrons. The first-order chi connectivity index (χ1) is 18.1. The van der Waals surface area contributed by atoms with Crippen LogP contribution in [0, 0.1) is 0 Å². The number of amides is 2. The molecule has 0 aromatic heterocycles. The van der Waals surface area contributed by atoms with Gasteiger partial charge in [0, 0.05) is 37.7 Å². The molecule has 7 nitrogen and oxygen atoms in total. The average Bonchev–Trinajstić information content (AvgIpc) is 2.94. The molecule has 8 heteroatoms. The van der Waals surface area contributed by atoms with Crippen molar-refractivity contribution in [3.63, 3.8) is 0 Å². The Labute approximate surface area is 222 Å². The summed E-state index contributed by atoms with van der Waals surface area (Å²) in [5.74, 6) is 0.0611. The number of carbonyl (C=O) groups excluding carboxylic acids is 2. The summed E-state index contributed by atoms with van der Waals surface area (Å²) in [5, 5.41) is 3.66. The highest BCUT2D eigenvalue weighted by atomic mass is 35.5. The van der Waals surface area contributed by atoms with Crippen molar-refractivity contribution in [2.75, 3.05) is 46.0 Å². The molecular weight excluding hydrogens is 490 g/mol. The van der Waals surface area contributed by atoms with Crippen LogP contribution in [0.4, 0.5) is 0 Å². The van der Waals surface area contributed by atoms with Crippen LogP contribution in [0.5, 0.6) is 5.75 Å². The standard InChI is InChI=1S/C29H32ClN3O4/c30-25-13-11-23(12-14-25)21-33(27(34)22-37-26-9-5-2-6-10-26)28(24-7-3-1-4-8-24)29(35)31-15-16-32-17-19-36-20-18-32/h1-14,28H,15-22H2,(H,31,35). The molecule has 1 aliphatic heterocycles. The quantitative estimate of drug-likeness (QED) is 0.414. The molecule has 1 unspecified atom stereocenters. The van der Waals surface area contributed by atoms with Gasteiger partial charge in [-0.15, -0.1) is 0 Å². The molecule has 1 N–H and O–H groups in total. The van der Waals surface area contributed by atoms with Gasteiger partial charge in [0.1, 0.15) is 11.8 Å². The Balaban J connectivity index is 1.55. The number of carbonyl (C=O) groups is 2. The van der Waals surface area contributed by atoms with E-state index >= 15 is 0 Å². The van der Waals surface area contributed by atoms with Gasteiger partial charge in [0.2, 0.25) is 5.91 Å². The Bertz CT molecular complexity index is 1120. The second kappa shape index (κ2) is 13.8. The van der Waals surface area contributed by atoms with Gasteiger partial charge in [-0.2, -0.15) is 0 Å². The SMILES string of the molecule is O=C(NCCN1CCOCC1)C(c1ccccc1)N(Cc1ccc(Cl)cc1)C(=O)COc1ccccc1. The molecule has 194 valence electrons. The molecular formula is C29H32ClN3O4. The van der Waals surface area contributed by atoms with Crippen LogP contribution in [0.1, 0.15) is 17.2 Å². The van der Waals surface area contributed by atoms with Gasteiger partial charge in [-0.25, -0.2) is 0 Å². The van der Waals surface area contributed by atoms with E-state index in [-0.39, 0.29) is 25.0 Å². The molecule has 2 amide bonds. The van der Waals surface area contributed by atoms with Gasteiger partial charge in [-0.3, -0.25) is 14.5 Å². The fraction of sp³-hybridized carbons (Fsp3) is 0.310. The van der Waals surface area contributed by atoms with Gasteiger partial charge in [-0.1, -0.05) is 72.3 Å². The minimum Gasteiger partial charge on any atom is -0.484 e. The van der Waals surface area contributed by atoms with E-state index in [2.05, 4.69) is 10.2 Å². The van der Waals surface area contributed by atoms with Gasteiger partial charge in [0.15, 0.2) is 6.61 Å². The van der Waals surface area contributed by atoms with E-state index in [1.54, 1.807) is 29.2 Å². The maximum Gasteiger partial charge on any atom is 0.261 e. The summed E-state index contributed by atoms with van der Waals surface area (Å²) < 4.78 is 11.2. The highest BCUT2D eigenvalue weighted by Crippen LogP contribution is 2.25. The van der Waals surface area contributed by atoms with Gasteiger partial charge in [0.05, 0.1) is 13.2 Å². The predicted molar refractivity (Wildman–Crippen MR) is 143 cm³/mol. The molecule has 3 aromatic carbocycles. The summed E-state index contributed by atoms with van der Waals surface area (Å²) in [4.78, 5) is 31.1. The summed E-state index contributed by atoms with van der Waals surface area (Å²) in [6.07, 6.45) is 0. The summed E-state index contributed by atoms with van der Waals surface area (Å²) in [7, 11) is 0. The van der Waals surface area contributed by atoms with E-state index in [9.17, 15) is 9.59 Å². The first-order valence-corrected chi connectivity index (χ1v) is 12.8. The van der Waals surface area contributed by atoms with E-state index < -0.39 is 6.04 Å². The summed E-state index contributed by atoms with van der Waals surface area (Å²) in [5.41, 5.74) is 1.59. The van der Waals surface area contributed by atoms with Crippen LogP contribution in [-0.2, 0) is 20.9 Å². The fourth-order valence-electron chi connectivity index (χ4n) is 4.22. The highest BCUT2D eigenvalue weighted by Gasteiger charge is 2.32. The zero-order valence-corrected chi connectivity index (χ0v) is 21.5. The van der Waals surface area contributed by atoms with E-state index in [4.69, 9.17) is 21.1 Å². The Hall–Kier alpha value is -3.39. The second-order valence-electron chi connectivity index (χ2n) is 8.81. The zero-order chi connectivity index (χ0) is 25.9. The van der Waals surface area contributed by atoms with E-state index in [0.29, 0.717) is 30.5 Å². The van der Waals surface area contributed by atoms with Crippen LogP contribution in [0.25, 0.3) is 0 Å². The molecule has 37 heavy (non-hydrogen) atoms. The van der Waals surface area contributed by atoms with Crippen molar-refractivity contribution in [1.29, 1.82) is 0 Å². The first-order valence-electron chi connectivity index (χ1n) is 12.4. The smallest absolute Gasteiger partial charge is 0.261 e. The maximum atomic E-state index is 13.6. The average molecular weight is 522 g/mol. The molecule has 0 bridgehead atoms. The number of hydrogen-bond donors (Lipinski definition) is 1. The van der Waals surface area contributed by atoms with Crippen molar-refractivity contribution in [2.45, 2.75) is 12.6 Å². The molecule has 1 aliphatic rings. The van der Waals surface area contributed by atoms with E-state index in [1.165, 1.54) is 0 Å². The number of ether oxygens (including phenoxy) is 2. The number of hydrogen-bond acceptors (Lipinski definition) is 5. The van der Waals surface area contributed by atoms with Crippen LogP contribution in [0.2, 0.25) is 5.02 Å². The minimum absolute atomic E-state index is 0.192. The number of nitrogens with zero attached hydrogens (tertiary/aromatic N) is 2. The molecule has 0 aliphatic carbocycles. The van der Waals surface area contributed by atoms with Crippen molar-refractivity contribution in [2.24, 2.45) is 0 Å². The molecule has 1 heterocycles. The Morgan fingerprint density at radius 1 is 0.946 bits per heavy atom. The van der Waals surface area contributed by atoms with Crippen LogP contribution < -0.4 is 10.1 Å². The molecule has 4 rings (SSSR count). The predicted octanol–water partition coefficient (Wildman–Crippen LogP) is 3.94. The Morgan fingerprint density at radius 3 is 2.27 bits per heavy atom. The highest BCUT2D eigenvalue weighted by molar-refractivity contribution is 6.30. The van der Waals surface area contributed by atoms with E-state index in [0.717, 1.165) is 30.8 Å².